The Morgan fingerprint density at radius 2 is 2.05 bits per heavy atom. The number of piperazine rings is 1. The number of carbonyl (C=O) groups excluding carboxylic acids is 1. The zero-order valence-corrected chi connectivity index (χ0v) is 12.0. The Hall–Kier alpha value is -1.59. The SMILES string of the molecule is CCOc1cccc(C(=O)N2CCN(CCN)CC2)c1. The fourth-order valence-electron chi connectivity index (χ4n) is 2.43. The lowest BCUT2D eigenvalue weighted by molar-refractivity contribution is 0.0640. The van der Waals surface area contributed by atoms with Gasteiger partial charge in [0, 0.05) is 44.8 Å². The number of ether oxygens (including phenoxy) is 1. The first kappa shape index (κ1) is 14.8. The Kier molecular flexibility index (Phi) is 5.38. The summed E-state index contributed by atoms with van der Waals surface area (Å²) in [4.78, 5) is 16.6. The number of nitrogens with two attached hydrogens (primary N) is 1. The van der Waals surface area contributed by atoms with E-state index in [2.05, 4.69) is 4.90 Å². The summed E-state index contributed by atoms with van der Waals surface area (Å²) in [5, 5.41) is 0. The van der Waals surface area contributed by atoms with Crippen LogP contribution in [0.15, 0.2) is 24.3 Å². The molecule has 0 unspecified atom stereocenters. The average Bonchev–Trinajstić information content (AvgIpc) is 2.48. The summed E-state index contributed by atoms with van der Waals surface area (Å²) in [6.07, 6.45) is 0. The molecule has 1 aromatic rings. The van der Waals surface area contributed by atoms with E-state index in [4.69, 9.17) is 10.5 Å². The number of nitrogens with zero attached hydrogens (tertiary/aromatic N) is 2. The molecule has 0 atom stereocenters. The molecule has 2 N–H and O–H groups in total. The molecule has 0 radical (unpaired) electrons. The van der Waals surface area contributed by atoms with E-state index in [0.717, 1.165) is 38.5 Å². The minimum absolute atomic E-state index is 0.0824. The van der Waals surface area contributed by atoms with Crippen LogP contribution in [0.4, 0.5) is 0 Å². The Bertz CT molecular complexity index is 442. The van der Waals surface area contributed by atoms with E-state index >= 15 is 0 Å². The molecule has 2 rings (SSSR count). The van der Waals surface area contributed by atoms with E-state index in [-0.39, 0.29) is 5.91 Å². The summed E-state index contributed by atoms with van der Waals surface area (Å²) in [6, 6.07) is 7.40. The number of amides is 1. The highest BCUT2D eigenvalue weighted by Crippen LogP contribution is 2.16. The van der Waals surface area contributed by atoms with Crippen molar-refractivity contribution in [3.8, 4) is 5.75 Å². The number of rotatable bonds is 5. The van der Waals surface area contributed by atoms with Gasteiger partial charge < -0.3 is 15.4 Å². The average molecular weight is 277 g/mol. The molecule has 0 spiro atoms. The molecule has 1 amide bonds. The van der Waals surface area contributed by atoms with Gasteiger partial charge in [0.2, 0.25) is 0 Å². The van der Waals surface area contributed by atoms with E-state index in [1.54, 1.807) is 0 Å². The Morgan fingerprint density at radius 3 is 2.70 bits per heavy atom. The molecule has 0 aliphatic carbocycles. The monoisotopic (exact) mass is 277 g/mol. The van der Waals surface area contributed by atoms with E-state index in [1.807, 2.05) is 36.1 Å². The highest BCUT2D eigenvalue weighted by molar-refractivity contribution is 5.94. The second kappa shape index (κ2) is 7.26. The lowest BCUT2D eigenvalue weighted by Crippen LogP contribution is -2.49. The molecule has 110 valence electrons. The van der Waals surface area contributed by atoms with Crippen LogP contribution < -0.4 is 10.5 Å². The van der Waals surface area contributed by atoms with Crippen molar-refractivity contribution < 1.29 is 9.53 Å². The summed E-state index contributed by atoms with van der Waals surface area (Å²) < 4.78 is 5.44. The third-order valence-corrected chi connectivity index (χ3v) is 3.50. The standard InChI is InChI=1S/C15H23N3O2/c1-2-20-14-5-3-4-13(12-14)15(19)18-10-8-17(7-6-16)9-11-18/h3-5,12H,2,6-11,16H2,1H3. The van der Waals surface area contributed by atoms with Gasteiger partial charge in [0.1, 0.15) is 5.75 Å². The van der Waals surface area contributed by atoms with Crippen molar-refractivity contribution >= 4 is 5.91 Å². The van der Waals surface area contributed by atoms with Gasteiger partial charge in [-0.25, -0.2) is 0 Å². The predicted molar refractivity (Wildman–Crippen MR) is 79.0 cm³/mol. The number of benzene rings is 1. The van der Waals surface area contributed by atoms with Gasteiger partial charge in [0.25, 0.3) is 5.91 Å². The van der Waals surface area contributed by atoms with Gasteiger partial charge >= 0.3 is 0 Å². The summed E-state index contributed by atoms with van der Waals surface area (Å²) in [6.45, 7) is 7.43. The molecule has 20 heavy (non-hydrogen) atoms. The molecule has 1 aromatic carbocycles. The quantitative estimate of drug-likeness (QED) is 0.865. The van der Waals surface area contributed by atoms with Crippen LogP contribution in [0.2, 0.25) is 0 Å². The van der Waals surface area contributed by atoms with Crippen molar-refractivity contribution in [1.82, 2.24) is 9.80 Å². The van der Waals surface area contributed by atoms with E-state index in [9.17, 15) is 4.79 Å². The first-order valence-corrected chi connectivity index (χ1v) is 7.19. The van der Waals surface area contributed by atoms with Crippen LogP contribution in [0.25, 0.3) is 0 Å². The topological polar surface area (TPSA) is 58.8 Å². The van der Waals surface area contributed by atoms with Gasteiger partial charge in [-0.3, -0.25) is 9.69 Å². The summed E-state index contributed by atoms with van der Waals surface area (Å²) in [5.41, 5.74) is 6.25. The van der Waals surface area contributed by atoms with Crippen LogP contribution in [0.1, 0.15) is 17.3 Å². The molecule has 1 saturated heterocycles. The minimum Gasteiger partial charge on any atom is -0.494 e. The Morgan fingerprint density at radius 1 is 1.30 bits per heavy atom. The van der Waals surface area contributed by atoms with Crippen LogP contribution in [0, 0.1) is 0 Å². The van der Waals surface area contributed by atoms with Crippen LogP contribution in [-0.4, -0.2) is 61.6 Å². The molecule has 0 saturated carbocycles. The van der Waals surface area contributed by atoms with Crippen molar-refractivity contribution in [1.29, 1.82) is 0 Å². The maximum Gasteiger partial charge on any atom is 0.254 e. The second-order valence-electron chi connectivity index (χ2n) is 4.88. The number of hydrogen-bond donors (Lipinski definition) is 1. The first-order valence-electron chi connectivity index (χ1n) is 7.19. The van der Waals surface area contributed by atoms with Gasteiger partial charge in [0.15, 0.2) is 0 Å². The molecule has 0 bridgehead atoms. The number of carbonyl (C=O) groups is 1. The van der Waals surface area contributed by atoms with Crippen molar-refractivity contribution in [3.05, 3.63) is 29.8 Å². The highest BCUT2D eigenvalue weighted by atomic mass is 16.5. The van der Waals surface area contributed by atoms with Gasteiger partial charge in [-0.2, -0.15) is 0 Å². The predicted octanol–water partition coefficient (Wildman–Crippen LogP) is 0.802. The third kappa shape index (κ3) is 3.71. The summed E-state index contributed by atoms with van der Waals surface area (Å²) in [7, 11) is 0. The summed E-state index contributed by atoms with van der Waals surface area (Å²) in [5.74, 6) is 0.832. The fourth-order valence-corrected chi connectivity index (χ4v) is 2.43. The van der Waals surface area contributed by atoms with Crippen LogP contribution in [-0.2, 0) is 0 Å². The maximum atomic E-state index is 12.4. The molecule has 1 aliphatic heterocycles. The third-order valence-electron chi connectivity index (χ3n) is 3.50. The summed E-state index contributed by atoms with van der Waals surface area (Å²) >= 11 is 0. The molecule has 0 aromatic heterocycles. The zero-order valence-electron chi connectivity index (χ0n) is 12.0. The molecular formula is C15H23N3O2. The number of hydrogen-bond acceptors (Lipinski definition) is 4. The van der Waals surface area contributed by atoms with E-state index in [0.29, 0.717) is 18.7 Å². The molecule has 5 heteroatoms. The lowest BCUT2D eigenvalue weighted by atomic mass is 10.1. The Balaban J connectivity index is 1.96. The second-order valence-corrected chi connectivity index (χ2v) is 4.88. The molecule has 5 nitrogen and oxygen atoms in total. The van der Waals surface area contributed by atoms with Crippen molar-refractivity contribution in [2.24, 2.45) is 5.73 Å². The van der Waals surface area contributed by atoms with Gasteiger partial charge in [-0.15, -0.1) is 0 Å². The zero-order chi connectivity index (χ0) is 14.4. The van der Waals surface area contributed by atoms with E-state index in [1.165, 1.54) is 0 Å². The van der Waals surface area contributed by atoms with Crippen LogP contribution in [0.5, 0.6) is 5.75 Å². The van der Waals surface area contributed by atoms with Crippen molar-refractivity contribution in [3.63, 3.8) is 0 Å². The fraction of sp³-hybridized carbons (Fsp3) is 0.533. The van der Waals surface area contributed by atoms with Gasteiger partial charge in [-0.1, -0.05) is 6.07 Å². The highest BCUT2D eigenvalue weighted by Gasteiger charge is 2.21. The van der Waals surface area contributed by atoms with Crippen molar-refractivity contribution in [2.45, 2.75) is 6.92 Å². The normalized spacial score (nSPS) is 16.2. The largest absolute Gasteiger partial charge is 0.494 e. The molecular weight excluding hydrogens is 254 g/mol. The minimum atomic E-state index is 0.0824. The Labute approximate surface area is 120 Å². The molecule has 1 fully saturated rings. The molecule has 1 aliphatic rings. The first-order chi connectivity index (χ1) is 9.74. The van der Waals surface area contributed by atoms with Crippen molar-refractivity contribution in [2.75, 3.05) is 45.9 Å². The van der Waals surface area contributed by atoms with Gasteiger partial charge in [0.05, 0.1) is 6.61 Å². The lowest BCUT2D eigenvalue weighted by Gasteiger charge is -2.34. The van der Waals surface area contributed by atoms with E-state index < -0.39 is 0 Å². The van der Waals surface area contributed by atoms with Gasteiger partial charge in [-0.05, 0) is 25.1 Å². The maximum absolute atomic E-state index is 12.4. The van der Waals surface area contributed by atoms with Crippen LogP contribution >= 0.6 is 0 Å². The smallest absolute Gasteiger partial charge is 0.254 e. The van der Waals surface area contributed by atoms with Crippen LogP contribution in [0.3, 0.4) is 0 Å². The molecule has 1 heterocycles.